The number of nitrogens with one attached hydrogen (secondary N) is 1. The molecule has 0 aromatic heterocycles. The van der Waals surface area contributed by atoms with Gasteiger partial charge < -0.3 is 40.3 Å². The van der Waals surface area contributed by atoms with Gasteiger partial charge in [0.05, 0.1) is 25.4 Å². The average molecular weight is 756 g/mol. The molecule has 1 aliphatic heterocycles. The van der Waals surface area contributed by atoms with Crippen LogP contribution in [0.5, 0.6) is 0 Å². The Bertz CT molecular complexity index is 842. The second kappa shape index (κ2) is 35.4. The molecule has 1 aliphatic rings. The first-order valence-electron chi connectivity index (χ1n) is 22.4. The molecule has 1 amide bonds. The zero-order chi connectivity index (χ0) is 38.8. The fourth-order valence-electron chi connectivity index (χ4n) is 7.21. The number of unbranched alkanes of at least 4 members (excludes halogenated alkanes) is 25. The van der Waals surface area contributed by atoms with Crippen LogP contribution in [0.3, 0.4) is 0 Å². The molecular weight excluding hydrogens is 670 g/mol. The molecule has 1 rings (SSSR count). The number of carbonyl (C=O) groups is 1. The van der Waals surface area contributed by atoms with Crippen molar-refractivity contribution in [2.45, 2.75) is 249 Å². The van der Waals surface area contributed by atoms with Gasteiger partial charge in [-0.25, -0.2) is 0 Å². The molecule has 0 spiro atoms. The van der Waals surface area contributed by atoms with Crippen molar-refractivity contribution >= 4 is 5.91 Å². The second-order valence-corrected chi connectivity index (χ2v) is 15.8. The van der Waals surface area contributed by atoms with Crippen LogP contribution in [0.4, 0.5) is 0 Å². The summed E-state index contributed by atoms with van der Waals surface area (Å²) in [6, 6.07) is -0.713. The Morgan fingerprint density at radius 2 is 1.06 bits per heavy atom. The van der Waals surface area contributed by atoms with Gasteiger partial charge in [0.2, 0.25) is 5.91 Å². The summed E-state index contributed by atoms with van der Waals surface area (Å²) in [7, 11) is 0. The Morgan fingerprint density at radius 1 is 0.623 bits per heavy atom. The molecule has 7 atom stereocenters. The Morgan fingerprint density at radius 3 is 1.53 bits per heavy atom. The van der Waals surface area contributed by atoms with Crippen LogP contribution in [0.25, 0.3) is 0 Å². The Labute approximate surface area is 325 Å². The SMILES string of the molecule is CCCCCCCC/C=C/CCCCCCCCCCCCCC(=O)N[C@@H](CO[C@H]1O[C@@H](CO)[C@H](O)C(O)C1O)[C@H](O)CCCCCCCCCCC. The summed E-state index contributed by atoms with van der Waals surface area (Å²) in [5.74, 6) is -0.146. The lowest BCUT2D eigenvalue weighted by Gasteiger charge is -2.40. The molecule has 1 saturated heterocycles. The van der Waals surface area contributed by atoms with Crippen molar-refractivity contribution in [2.24, 2.45) is 0 Å². The number of aliphatic hydroxyl groups excluding tert-OH is 5. The first-order valence-corrected chi connectivity index (χ1v) is 22.4. The quantitative estimate of drug-likeness (QED) is 0.0272. The summed E-state index contributed by atoms with van der Waals surface area (Å²) >= 11 is 0. The molecule has 6 N–H and O–H groups in total. The van der Waals surface area contributed by atoms with Crippen LogP contribution in [0, 0.1) is 0 Å². The van der Waals surface area contributed by atoms with Crippen LogP contribution in [-0.4, -0.2) is 87.5 Å². The van der Waals surface area contributed by atoms with E-state index in [2.05, 4.69) is 31.3 Å². The van der Waals surface area contributed by atoms with E-state index in [4.69, 9.17) is 9.47 Å². The smallest absolute Gasteiger partial charge is 0.220 e. The predicted molar refractivity (Wildman–Crippen MR) is 217 cm³/mol. The maximum atomic E-state index is 12.9. The Kier molecular flexibility index (Phi) is 33.3. The molecule has 9 heteroatoms. The fraction of sp³-hybridized carbons (Fsp3) is 0.932. The van der Waals surface area contributed by atoms with Crippen molar-refractivity contribution < 1.29 is 39.8 Å². The highest BCUT2D eigenvalue weighted by atomic mass is 16.7. The summed E-state index contributed by atoms with van der Waals surface area (Å²) in [4.78, 5) is 12.9. The number of hydrogen-bond donors (Lipinski definition) is 6. The summed E-state index contributed by atoms with van der Waals surface area (Å²) < 4.78 is 11.2. The molecule has 1 fully saturated rings. The van der Waals surface area contributed by atoms with Crippen molar-refractivity contribution in [3.05, 3.63) is 12.2 Å². The van der Waals surface area contributed by atoms with Crippen LogP contribution in [0.2, 0.25) is 0 Å². The van der Waals surface area contributed by atoms with Crippen LogP contribution in [-0.2, 0) is 14.3 Å². The predicted octanol–water partition coefficient (Wildman–Crippen LogP) is 8.95. The minimum absolute atomic E-state index is 0.136. The first kappa shape index (κ1) is 49.9. The largest absolute Gasteiger partial charge is 0.394 e. The monoisotopic (exact) mass is 756 g/mol. The van der Waals surface area contributed by atoms with E-state index in [0.29, 0.717) is 12.8 Å². The molecule has 314 valence electrons. The summed E-state index contributed by atoms with van der Waals surface area (Å²) in [6.45, 7) is 3.80. The van der Waals surface area contributed by atoms with Gasteiger partial charge in [-0.1, -0.05) is 174 Å². The molecule has 0 aliphatic carbocycles. The van der Waals surface area contributed by atoms with Gasteiger partial charge in [0.25, 0.3) is 0 Å². The third-order valence-electron chi connectivity index (χ3n) is 10.9. The second-order valence-electron chi connectivity index (χ2n) is 15.8. The molecule has 53 heavy (non-hydrogen) atoms. The van der Waals surface area contributed by atoms with E-state index in [-0.39, 0.29) is 12.5 Å². The lowest BCUT2D eigenvalue weighted by atomic mass is 9.99. The van der Waals surface area contributed by atoms with Crippen molar-refractivity contribution in [3.8, 4) is 0 Å². The van der Waals surface area contributed by atoms with Gasteiger partial charge in [0.15, 0.2) is 6.29 Å². The fourth-order valence-corrected chi connectivity index (χ4v) is 7.21. The molecule has 0 bridgehead atoms. The number of ether oxygens (including phenoxy) is 2. The molecular formula is C44H85NO8. The van der Waals surface area contributed by atoms with E-state index in [1.807, 2.05) is 0 Å². The molecule has 0 aromatic rings. The van der Waals surface area contributed by atoms with Gasteiger partial charge >= 0.3 is 0 Å². The number of aliphatic hydroxyl groups is 5. The summed E-state index contributed by atoms with van der Waals surface area (Å²) in [6.07, 6.45) is 32.3. The number of amides is 1. The number of rotatable bonds is 37. The summed E-state index contributed by atoms with van der Waals surface area (Å²) in [5.41, 5.74) is 0. The number of hydrogen-bond acceptors (Lipinski definition) is 8. The van der Waals surface area contributed by atoms with E-state index in [0.717, 1.165) is 38.5 Å². The number of allylic oxidation sites excluding steroid dienone is 2. The topological polar surface area (TPSA) is 149 Å². The van der Waals surface area contributed by atoms with Crippen molar-refractivity contribution in [3.63, 3.8) is 0 Å². The van der Waals surface area contributed by atoms with Gasteiger partial charge in [-0.2, -0.15) is 0 Å². The Balaban J connectivity index is 2.25. The highest BCUT2D eigenvalue weighted by Gasteiger charge is 2.44. The standard InChI is InChI=1S/C44H85NO8/c1-3-5-7-9-11-13-14-15-16-17-18-19-20-21-22-23-24-26-28-30-32-34-40(48)45-37(38(47)33-31-29-27-25-12-10-8-6-4-2)36-52-44-43(51)42(50)41(49)39(35-46)53-44/h15-16,37-39,41-44,46-47,49-51H,3-14,17-36H2,1-2H3,(H,45,48)/b16-15+/t37-,38+,39-,41-,42?,43?,44-/m0/s1. The molecule has 0 radical (unpaired) electrons. The normalized spacial score (nSPS) is 21.7. The zero-order valence-electron chi connectivity index (χ0n) is 34.3. The average Bonchev–Trinajstić information content (AvgIpc) is 3.16. The molecule has 2 unspecified atom stereocenters. The van der Waals surface area contributed by atoms with E-state index in [9.17, 15) is 30.3 Å². The molecule has 0 saturated carbocycles. The summed E-state index contributed by atoms with van der Waals surface area (Å²) in [5, 5.41) is 54.1. The highest BCUT2D eigenvalue weighted by molar-refractivity contribution is 5.76. The van der Waals surface area contributed by atoms with Crippen LogP contribution in [0.15, 0.2) is 12.2 Å². The highest BCUT2D eigenvalue weighted by Crippen LogP contribution is 2.23. The molecule has 9 nitrogen and oxygen atoms in total. The maximum Gasteiger partial charge on any atom is 0.220 e. The van der Waals surface area contributed by atoms with Crippen LogP contribution < -0.4 is 5.32 Å². The minimum Gasteiger partial charge on any atom is -0.394 e. The van der Waals surface area contributed by atoms with Crippen molar-refractivity contribution in [1.82, 2.24) is 5.32 Å². The van der Waals surface area contributed by atoms with Gasteiger partial charge in [-0.3, -0.25) is 4.79 Å². The lowest BCUT2D eigenvalue weighted by Crippen LogP contribution is -2.60. The third-order valence-corrected chi connectivity index (χ3v) is 10.9. The first-order chi connectivity index (χ1) is 25.8. The van der Waals surface area contributed by atoms with Crippen molar-refractivity contribution in [1.29, 1.82) is 0 Å². The van der Waals surface area contributed by atoms with Crippen LogP contribution in [0.1, 0.15) is 206 Å². The van der Waals surface area contributed by atoms with E-state index < -0.39 is 49.5 Å². The van der Waals surface area contributed by atoms with Crippen molar-refractivity contribution in [2.75, 3.05) is 13.2 Å². The lowest BCUT2D eigenvalue weighted by molar-refractivity contribution is -0.302. The van der Waals surface area contributed by atoms with Gasteiger partial charge in [0.1, 0.15) is 24.4 Å². The maximum absolute atomic E-state index is 12.9. The Hall–Kier alpha value is -1.07. The van der Waals surface area contributed by atoms with E-state index in [1.165, 1.54) is 141 Å². The van der Waals surface area contributed by atoms with Crippen LogP contribution >= 0.6 is 0 Å². The number of carbonyl (C=O) groups excluding carboxylic acids is 1. The van der Waals surface area contributed by atoms with Gasteiger partial charge in [-0.05, 0) is 38.5 Å². The van der Waals surface area contributed by atoms with E-state index in [1.54, 1.807) is 0 Å². The minimum atomic E-state index is -1.55. The molecule has 1 heterocycles. The van der Waals surface area contributed by atoms with Gasteiger partial charge in [-0.15, -0.1) is 0 Å². The van der Waals surface area contributed by atoms with Gasteiger partial charge in [0, 0.05) is 6.42 Å². The zero-order valence-corrected chi connectivity index (χ0v) is 34.3. The molecule has 0 aromatic carbocycles. The third kappa shape index (κ3) is 26.4. The van der Waals surface area contributed by atoms with E-state index >= 15 is 0 Å².